The number of nitrogens with zero attached hydrogens (tertiary/aromatic N) is 2. The highest BCUT2D eigenvalue weighted by atomic mass is 127. The topological polar surface area (TPSA) is 57.7 Å². The fourth-order valence-corrected chi connectivity index (χ4v) is 4.42. The van der Waals surface area contributed by atoms with Gasteiger partial charge in [0.05, 0.1) is 17.7 Å². The van der Waals surface area contributed by atoms with E-state index >= 15 is 0 Å². The molecule has 1 atom stereocenters. The van der Waals surface area contributed by atoms with E-state index in [0.29, 0.717) is 17.1 Å². The Morgan fingerprint density at radius 3 is 2.48 bits per heavy atom. The monoisotopic (exact) mass is 576 g/mol. The van der Waals surface area contributed by atoms with Gasteiger partial charge in [-0.1, -0.05) is 35.9 Å². The summed E-state index contributed by atoms with van der Waals surface area (Å²) in [6.45, 7) is 0.123. The summed E-state index contributed by atoms with van der Waals surface area (Å²) in [6.07, 6.45) is 0.225. The van der Waals surface area contributed by atoms with Gasteiger partial charge in [0.1, 0.15) is 11.9 Å². The van der Waals surface area contributed by atoms with Gasteiger partial charge in [-0.3, -0.25) is 14.4 Å². The van der Waals surface area contributed by atoms with Crippen molar-refractivity contribution < 1.29 is 18.8 Å². The number of amides is 3. The second-order valence-corrected chi connectivity index (χ2v) is 9.30. The molecule has 3 aromatic rings. The summed E-state index contributed by atoms with van der Waals surface area (Å²) in [5.74, 6) is -2.22. The van der Waals surface area contributed by atoms with Crippen LogP contribution in [0.1, 0.15) is 22.3 Å². The lowest BCUT2D eigenvalue weighted by Gasteiger charge is -2.28. The minimum atomic E-state index is -1.02. The van der Waals surface area contributed by atoms with Crippen molar-refractivity contribution in [2.75, 3.05) is 11.4 Å². The van der Waals surface area contributed by atoms with Crippen molar-refractivity contribution in [2.45, 2.75) is 18.9 Å². The van der Waals surface area contributed by atoms with Crippen molar-refractivity contribution >= 4 is 57.6 Å². The maximum atomic E-state index is 14.4. The molecule has 0 aromatic heterocycles. The van der Waals surface area contributed by atoms with E-state index in [9.17, 15) is 18.8 Å². The van der Waals surface area contributed by atoms with Gasteiger partial charge in [0.2, 0.25) is 5.91 Å². The van der Waals surface area contributed by atoms with Crippen LogP contribution in [0.5, 0.6) is 0 Å². The molecule has 0 spiro atoms. The number of halogens is 3. The normalized spacial score (nSPS) is 15.7. The van der Waals surface area contributed by atoms with Crippen LogP contribution in [0, 0.1) is 9.39 Å². The summed E-state index contributed by atoms with van der Waals surface area (Å²) in [7, 11) is 0. The molecule has 0 radical (unpaired) electrons. The van der Waals surface area contributed by atoms with Gasteiger partial charge in [-0.15, -0.1) is 0 Å². The van der Waals surface area contributed by atoms with Gasteiger partial charge in [0.25, 0.3) is 11.8 Å². The summed E-state index contributed by atoms with van der Waals surface area (Å²) in [4.78, 5) is 41.9. The van der Waals surface area contributed by atoms with Gasteiger partial charge >= 0.3 is 0 Å². The van der Waals surface area contributed by atoms with Crippen LogP contribution in [-0.2, 0) is 16.0 Å². The van der Waals surface area contributed by atoms with E-state index < -0.39 is 29.6 Å². The maximum absolute atomic E-state index is 14.4. The van der Waals surface area contributed by atoms with Gasteiger partial charge in [0.15, 0.2) is 0 Å². The molecule has 0 saturated carbocycles. The Bertz CT molecular complexity index is 1220. The predicted octanol–water partition coefficient (Wildman–Crippen LogP) is 5.10. The zero-order chi connectivity index (χ0) is 23.5. The van der Waals surface area contributed by atoms with E-state index in [1.165, 1.54) is 23.1 Å². The molecule has 3 amide bonds. The SMILES string of the molecule is O=C1CC(N(CCc2cccc(Cl)c2)C(=O)c2ccccc2F)C(=O)N1c1ccc(I)cc1. The second kappa shape index (κ2) is 10.0. The Balaban J connectivity index is 1.65. The molecule has 1 heterocycles. The third-order valence-corrected chi connectivity index (χ3v) is 6.43. The lowest BCUT2D eigenvalue weighted by atomic mass is 10.1. The molecule has 5 nitrogen and oxygen atoms in total. The highest BCUT2D eigenvalue weighted by Gasteiger charge is 2.44. The average Bonchev–Trinajstić information content (AvgIpc) is 3.08. The first kappa shape index (κ1) is 23.4. The maximum Gasteiger partial charge on any atom is 0.257 e. The van der Waals surface area contributed by atoms with Crippen molar-refractivity contribution in [1.29, 1.82) is 0 Å². The van der Waals surface area contributed by atoms with E-state index in [1.807, 2.05) is 6.07 Å². The molecule has 0 N–H and O–H groups in total. The molecule has 1 fully saturated rings. The second-order valence-electron chi connectivity index (χ2n) is 7.62. The fraction of sp³-hybridized carbons (Fsp3) is 0.160. The Morgan fingerprint density at radius 2 is 1.79 bits per heavy atom. The highest BCUT2D eigenvalue weighted by Crippen LogP contribution is 2.28. The fourth-order valence-electron chi connectivity index (χ4n) is 3.85. The minimum Gasteiger partial charge on any atom is -0.326 e. The lowest BCUT2D eigenvalue weighted by Crippen LogP contribution is -2.46. The molecule has 1 saturated heterocycles. The standard InChI is InChI=1S/C25H19ClFIN2O3/c26-17-5-3-4-16(14-17)12-13-29(24(32)20-6-1-2-7-21(20)27)22-15-23(31)30(25(22)33)19-10-8-18(28)9-11-19/h1-11,14,22H,12-13,15H2. The first-order valence-electron chi connectivity index (χ1n) is 10.3. The molecule has 0 aliphatic carbocycles. The first-order chi connectivity index (χ1) is 15.8. The number of imide groups is 1. The van der Waals surface area contributed by atoms with Gasteiger partial charge in [-0.05, 0) is 83.1 Å². The molecule has 1 aliphatic rings. The van der Waals surface area contributed by atoms with Crippen LogP contribution in [0.2, 0.25) is 5.02 Å². The predicted molar refractivity (Wildman–Crippen MR) is 133 cm³/mol. The average molecular weight is 577 g/mol. The van der Waals surface area contributed by atoms with Gasteiger partial charge in [-0.25, -0.2) is 9.29 Å². The number of hydrogen-bond acceptors (Lipinski definition) is 3. The van der Waals surface area contributed by atoms with Gasteiger partial charge in [0, 0.05) is 15.1 Å². The van der Waals surface area contributed by atoms with Crippen LogP contribution in [0.15, 0.2) is 72.8 Å². The molecule has 3 aromatic carbocycles. The molecule has 1 aliphatic heterocycles. The smallest absolute Gasteiger partial charge is 0.257 e. The zero-order valence-electron chi connectivity index (χ0n) is 17.4. The number of anilines is 1. The molecule has 8 heteroatoms. The quantitative estimate of drug-likeness (QED) is 0.303. The summed E-state index contributed by atoms with van der Waals surface area (Å²) >= 11 is 8.21. The van der Waals surface area contributed by atoms with Crippen LogP contribution in [0.4, 0.5) is 10.1 Å². The highest BCUT2D eigenvalue weighted by molar-refractivity contribution is 14.1. The molecular formula is C25H19ClFIN2O3. The zero-order valence-corrected chi connectivity index (χ0v) is 20.3. The van der Waals surface area contributed by atoms with Crippen molar-refractivity contribution in [1.82, 2.24) is 4.90 Å². The third kappa shape index (κ3) is 5.09. The summed E-state index contributed by atoms with van der Waals surface area (Å²) in [5.41, 5.74) is 1.16. The van der Waals surface area contributed by atoms with Crippen LogP contribution < -0.4 is 4.90 Å². The Hall–Kier alpha value is -2.78. The lowest BCUT2D eigenvalue weighted by molar-refractivity contribution is -0.122. The summed E-state index contributed by atoms with van der Waals surface area (Å²) in [6, 6.07) is 18.7. The number of hydrogen-bond donors (Lipinski definition) is 0. The molecule has 4 rings (SSSR count). The summed E-state index contributed by atoms with van der Waals surface area (Å²) < 4.78 is 15.4. The largest absolute Gasteiger partial charge is 0.326 e. The van der Waals surface area contributed by atoms with E-state index in [2.05, 4.69) is 22.6 Å². The van der Waals surface area contributed by atoms with Crippen LogP contribution in [0.3, 0.4) is 0 Å². The van der Waals surface area contributed by atoms with E-state index in [-0.39, 0.29) is 18.5 Å². The van der Waals surface area contributed by atoms with E-state index in [1.54, 1.807) is 48.5 Å². The van der Waals surface area contributed by atoms with Crippen LogP contribution >= 0.6 is 34.2 Å². The van der Waals surface area contributed by atoms with Crippen molar-refractivity contribution in [3.8, 4) is 0 Å². The third-order valence-electron chi connectivity index (χ3n) is 5.48. The summed E-state index contributed by atoms with van der Waals surface area (Å²) in [5, 5.41) is 0.552. The number of carbonyl (C=O) groups is 3. The van der Waals surface area contributed by atoms with E-state index in [0.717, 1.165) is 14.0 Å². The van der Waals surface area contributed by atoms with Crippen molar-refractivity contribution in [2.24, 2.45) is 0 Å². The molecular weight excluding hydrogens is 558 g/mol. The van der Waals surface area contributed by atoms with Crippen molar-refractivity contribution in [3.05, 3.63) is 98.3 Å². The molecule has 168 valence electrons. The number of rotatable bonds is 6. The molecule has 33 heavy (non-hydrogen) atoms. The van der Waals surface area contributed by atoms with Gasteiger partial charge < -0.3 is 4.90 Å². The van der Waals surface area contributed by atoms with Crippen LogP contribution in [-0.4, -0.2) is 35.2 Å². The Morgan fingerprint density at radius 1 is 1.06 bits per heavy atom. The Kier molecular flexibility index (Phi) is 7.09. The molecule has 0 bridgehead atoms. The molecule has 1 unspecified atom stereocenters. The Labute approximate surface area is 209 Å². The number of carbonyl (C=O) groups excluding carboxylic acids is 3. The first-order valence-corrected chi connectivity index (χ1v) is 11.7. The van der Waals surface area contributed by atoms with Crippen molar-refractivity contribution in [3.63, 3.8) is 0 Å². The van der Waals surface area contributed by atoms with Crippen LogP contribution in [0.25, 0.3) is 0 Å². The minimum absolute atomic E-state index is 0.123. The van der Waals surface area contributed by atoms with Gasteiger partial charge in [-0.2, -0.15) is 0 Å². The number of benzene rings is 3. The van der Waals surface area contributed by atoms with E-state index in [4.69, 9.17) is 11.6 Å².